The summed E-state index contributed by atoms with van der Waals surface area (Å²) in [4.78, 5) is 25.8. The van der Waals surface area contributed by atoms with Crippen molar-refractivity contribution in [1.29, 1.82) is 0 Å². The fourth-order valence-corrected chi connectivity index (χ4v) is 7.76. The van der Waals surface area contributed by atoms with Crippen LogP contribution in [-0.2, 0) is 26.0 Å². The Bertz CT molecular complexity index is 1520. The van der Waals surface area contributed by atoms with Gasteiger partial charge >= 0.3 is 0 Å². The second-order valence-electron chi connectivity index (χ2n) is 14.4. The fraction of sp³-hybridized carbons (Fsp3) is 0.588. The highest BCUT2D eigenvalue weighted by atomic mass is 32.2. The number of hydrogen-bond donors (Lipinski definition) is 3. The van der Waals surface area contributed by atoms with Crippen LogP contribution in [0.15, 0.2) is 42.5 Å². The maximum absolute atomic E-state index is 15.6. The number of sulfonamides is 1. The van der Waals surface area contributed by atoms with Gasteiger partial charge < -0.3 is 15.4 Å². The smallest absolute Gasteiger partial charge is 0.259 e. The molecular weight excluding hydrogens is 581 g/mol. The Kier molecular flexibility index (Phi) is 8.90. The van der Waals surface area contributed by atoms with E-state index in [0.717, 1.165) is 16.7 Å². The van der Waals surface area contributed by atoms with E-state index in [4.69, 9.17) is 4.74 Å². The zero-order valence-corrected chi connectivity index (χ0v) is 27.3. The third-order valence-electron chi connectivity index (χ3n) is 9.32. The van der Waals surface area contributed by atoms with Crippen molar-refractivity contribution in [3.63, 3.8) is 0 Å². The molecule has 2 amide bonds. The number of carbonyl (C=O) groups is 2. The number of alkyl halides is 1. The minimum Gasteiger partial charge on any atom is -0.490 e. The van der Waals surface area contributed by atoms with Crippen molar-refractivity contribution in [1.82, 2.24) is 15.4 Å². The van der Waals surface area contributed by atoms with Gasteiger partial charge in [-0.1, -0.05) is 58.0 Å². The molecule has 2 aliphatic carbocycles. The van der Waals surface area contributed by atoms with E-state index in [9.17, 15) is 18.0 Å². The number of amides is 2. The summed E-state index contributed by atoms with van der Waals surface area (Å²) >= 11 is 0. The van der Waals surface area contributed by atoms with Crippen molar-refractivity contribution >= 4 is 21.8 Å². The molecule has 0 spiro atoms. The number of benzene rings is 2. The lowest BCUT2D eigenvalue weighted by Gasteiger charge is -2.39. The van der Waals surface area contributed by atoms with E-state index in [1.807, 2.05) is 44.2 Å². The highest BCUT2D eigenvalue weighted by Crippen LogP contribution is 2.42. The van der Waals surface area contributed by atoms with Crippen LogP contribution in [0.2, 0.25) is 0 Å². The van der Waals surface area contributed by atoms with E-state index in [1.54, 1.807) is 13.0 Å². The van der Waals surface area contributed by atoms with Crippen LogP contribution in [0, 0.1) is 5.41 Å². The Morgan fingerprint density at radius 1 is 1.05 bits per heavy atom. The van der Waals surface area contributed by atoms with Crippen LogP contribution in [0.3, 0.4) is 0 Å². The van der Waals surface area contributed by atoms with E-state index in [-0.39, 0.29) is 42.9 Å². The van der Waals surface area contributed by atoms with Gasteiger partial charge in [0.05, 0.1) is 11.2 Å². The zero-order chi connectivity index (χ0) is 31.9. The normalized spacial score (nSPS) is 25.8. The maximum Gasteiger partial charge on any atom is 0.259 e. The molecule has 240 valence electrons. The van der Waals surface area contributed by atoms with E-state index in [0.29, 0.717) is 50.0 Å². The van der Waals surface area contributed by atoms with Gasteiger partial charge in [0.25, 0.3) is 5.91 Å². The molecule has 10 heteroatoms. The van der Waals surface area contributed by atoms with Gasteiger partial charge in [0.2, 0.25) is 21.6 Å². The lowest BCUT2D eigenvalue weighted by molar-refractivity contribution is -0.137. The quantitative estimate of drug-likeness (QED) is 0.335. The Morgan fingerprint density at radius 2 is 1.77 bits per heavy atom. The number of rotatable bonds is 10. The van der Waals surface area contributed by atoms with Gasteiger partial charge in [0.15, 0.2) is 0 Å². The molecular formula is C34H46FN3O5S. The average Bonchev–Trinajstić information content (AvgIpc) is 3.56. The van der Waals surface area contributed by atoms with Crippen LogP contribution in [0.4, 0.5) is 4.39 Å². The first-order valence-corrected chi connectivity index (χ1v) is 17.2. The average molecular weight is 628 g/mol. The first kappa shape index (κ1) is 32.4. The molecule has 0 bridgehead atoms. The topological polar surface area (TPSA) is 114 Å². The standard InChI is InChI=1S/C34H46FN3O5S/c1-22(2)26-8-6-7-9-27(26)28-16-23(17-30(39)38-44(41,42)33(5)14-15-33)10-13-29(28)43-25-12-11-24(18-25)37-31(40)34(35)19-32(3,4)20-36-21-34/h6-10,13,16,22,24-25,36H,11-12,14-15,17-21H2,1-5H3,(H,37,40)(H,38,39)/t24-,25-,34+/m1/s1. The number of halogens is 1. The molecule has 3 atom stereocenters. The van der Waals surface area contributed by atoms with Gasteiger partial charge in [-0.3, -0.25) is 14.3 Å². The lowest BCUT2D eigenvalue weighted by atomic mass is 9.77. The van der Waals surface area contributed by atoms with Crippen molar-refractivity contribution < 1.29 is 27.1 Å². The first-order valence-electron chi connectivity index (χ1n) is 15.7. The third-order valence-corrected chi connectivity index (χ3v) is 11.5. The van der Waals surface area contributed by atoms with E-state index >= 15 is 4.39 Å². The van der Waals surface area contributed by atoms with Crippen LogP contribution in [0.5, 0.6) is 5.75 Å². The zero-order valence-electron chi connectivity index (χ0n) is 26.5. The second-order valence-corrected chi connectivity index (χ2v) is 16.6. The summed E-state index contributed by atoms with van der Waals surface area (Å²) < 4.78 is 48.8. The summed E-state index contributed by atoms with van der Waals surface area (Å²) in [6.45, 7) is 10.5. The van der Waals surface area contributed by atoms with Crippen molar-refractivity contribution in [2.45, 2.75) is 108 Å². The molecule has 44 heavy (non-hydrogen) atoms. The number of hydrogen-bond acceptors (Lipinski definition) is 6. The number of carbonyl (C=O) groups excluding carboxylic acids is 2. The first-order chi connectivity index (χ1) is 20.6. The van der Waals surface area contributed by atoms with Crippen molar-refractivity contribution in [3.05, 3.63) is 53.6 Å². The highest BCUT2D eigenvalue weighted by Gasteiger charge is 2.51. The van der Waals surface area contributed by atoms with Gasteiger partial charge in [-0.15, -0.1) is 0 Å². The van der Waals surface area contributed by atoms with Gasteiger partial charge in [-0.05, 0) is 79.2 Å². The number of ether oxygens (including phenoxy) is 1. The Labute approximate surface area is 261 Å². The molecule has 5 rings (SSSR count). The molecule has 8 nitrogen and oxygen atoms in total. The molecule has 0 unspecified atom stereocenters. The summed E-state index contributed by atoms with van der Waals surface area (Å²) in [6, 6.07) is 13.4. The molecule has 2 aromatic rings. The summed E-state index contributed by atoms with van der Waals surface area (Å²) in [5.74, 6) is -0.243. The maximum atomic E-state index is 15.6. The highest BCUT2D eigenvalue weighted by molar-refractivity contribution is 7.91. The number of nitrogens with one attached hydrogen (secondary N) is 3. The molecule has 1 heterocycles. The van der Waals surface area contributed by atoms with E-state index in [1.165, 1.54) is 0 Å². The van der Waals surface area contributed by atoms with Crippen LogP contribution in [-0.4, -0.2) is 55.9 Å². The van der Waals surface area contributed by atoms with Gasteiger partial charge in [0, 0.05) is 31.1 Å². The molecule has 3 aliphatic rings. The van der Waals surface area contributed by atoms with Crippen LogP contribution in [0.1, 0.15) is 90.2 Å². The second kappa shape index (κ2) is 12.1. The van der Waals surface area contributed by atoms with Crippen LogP contribution in [0.25, 0.3) is 11.1 Å². The Hall–Kier alpha value is -2.98. The van der Waals surface area contributed by atoms with Gasteiger partial charge in [-0.25, -0.2) is 12.8 Å². The molecule has 0 aromatic heterocycles. The predicted molar refractivity (Wildman–Crippen MR) is 170 cm³/mol. The lowest BCUT2D eigenvalue weighted by Crippen LogP contribution is -2.59. The Morgan fingerprint density at radius 3 is 2.45 bits per heavy atom. The third kappa shape index (κ3) is 7.12. The molecule has 2 saturated carbocycles. The minimum absolute atomic E-state index is 0.0170. The molecule has 0 radical (unpaired) electrons. The van der Waals surface area contributed by atoms with E-state index < -0.39 is 32.3 Å². The van der Waals surface area contributed by atoms with E-state index in [2.05, 4.69) is 35.3 Å². The number of piperidine rings is 1. The SMILES string of the molecule is CC(C)c1ccccc1-c1cc(CC(=O)NS(=O)(=O)C2(C)CC2)ccc1O[C@@H]1CC[C@@H](NC(=O)[C@@]2(F)CNCC(C)(C)C2)C1. The summed E-state index contributed by atoms with van der Waals surface area (Å²) in [5, 5.41) is 6.02. The molecule has 1 aliphatic heterocycles. The largest absolute Gasteiger partial charge is 0.490 e. The summed E-state index contributed by atoms with van der Waals surface area (Å²) in [7, 11) is -3.72. The predicted octanol–water partition coefficient (Wildman–Crippen LogP) is 5.16. The monoisotopic (exact) mass is 627 g/mol. The molecule has 3 fully saturated rings. The van der Waals surface area contributed by atoms with Crippen molar-refractivity contribution in [3.8, 4) is 16.9 Å². The Balaban J connectivity index is 1.32. The van der Waals surface area contributed by atoms with Crippen LogP contribution < -0.4 is 20.1 Å². The molecule has 3 N–H and O–H groups in total. The molecule has 1 saturated heterocycles. The van der Waals surface area contributed by atoms with Crippen molar-refractivity contribution in [2.75, 3.05) is 13.1 Å². The fourth-order valence-electron chi connectivity index (χ4n) is 6.50. The van der Waals surface area contributed by atoms with Crippen molar-refractivity contribution in [2.24, 2.45) is 5.41 Å². The van der Waals surface area contributed by atoms with Gasteiger partial charge in [0.1, 0.15) is 11.9 Å². The molecule has 2 aromatic carbocycles. The summed E-state index contributed by atoms with van der Waals surface area (Å²) in [6.07, 6.45) is 2.97. The van der Waals surface area contributed by atoms with Crippen LogP contribution >= 0.6 is 0 Å². The van der Waals surface area contributed by atoms with Gasteiger partial charge in [-0.2, -0.15) is 0 Å². The summed E-state index contributed by atoms with van der Waals surface area (Å²) in [5.41, 5.74) is 1.36. The minimum atomic E-state index is -3.72.